The van der Waals surface area contributed by atoms with Gasteiger partial charge in [0.2, 0.25) is 0 Å². The molecule has 7 heteroatoms. The van der Waals surface area contributed by atoms with Gasteiger partial charge in [0, 0.05) is 5.56 Å². The summed E-state index contributed by atoms with van der Waals surface area (Å²) in [5.74, 6) is -0.358. The van der Waals surface area contributed by atoms with Crippen LogP contribution in [0.2, 0.25) is 5.02 Å². The van der Waals surface area contributed by atoms with Gasteiger partial charge in [-0.1, -0.05) is 41.9 Å². The SMILES string of the molecule is Cc1ccc(C)c(NS(=O)(=O)c2cc(C(=O)N[C@@H](C)c3ccc4c(c3)CCC4)ccc2Cl)c1. The Morgan fingerprint density at radius 1 is 0.970 bits per heavy atom. The van der Waals surface area contributed by atoms with Gasteiger partial charge in [-0.15, -0.1) is 0 Å². The molecule has 0 saturated carbocycles. The number of carbonyl (C=O) groups is 1. The number of amides is 1. The lowest BCUT2D eigenvalue weighted by Crippen LogP contribution is -2.27. The van der Waals surface area contributed by atoms with Crippen LogP contribution in [0.4, 0.5) is 5.69 Å². The van der Waals surface area contributed by atoms with Crippen LogP contribution < -0.4 is 10.0 Å². The molecule has 1 atom stereocenters. The Balaban J connectivity index is 1.56. The van der Waals surface area contributed by atoms with Crippen molar-refractivity contribution in [1.29, 1.82) is 0 Å². The summed E-state index contributed by atoms with van der Waals surface area (Å²) in [5, 5.41) is 3.02. The molecule has 0 saturated heterocycles. The predicted octanol–water partition coefficient (Wildman–Crippen LogP) is 5.74. The summed E-state index contributed by atoms with van der Waals surface area (Å²) >= 11 is 6.23. The van der Waals surface area contributed by atoms with Crippen LogP contribution >= 0.6 is 11.6 Å². The minimum Gasteiger partial charge on any atom is -0.346 e. The maximum Gasteiger partial charge on any atom is 0.263 e. The van der Waals surface area contributed by atoms with E-state index in [0.29, 0.717) is 5.69 Å². The second kappa shape index (κ2) is 9.20. The first-order chi connectivity index (χ1) is 15.6. The highest BCUT2D eigenvalue weighted by Gasteiger charge is 2.22. The molecule has 0 unspecified atom stereocenters. The number of nitrogens with one attached hydrogen (secondary N) is 2. The number of aryl methyl sites for hydroxylation is 4. The van der Waals surface area contributed by atoms with Crippen LogP contribution in [0.5, 0.6) is 0 Å². The van der Waals surface area contributed by atoms with Crippen molar-refractivity contribution >= 4 is 33.2 Å². The number of halogens is 1. The Morgan fingerprint density at radius 3 is 2.52 bits per heavy atom. The molecule has 0 aromatic heterocycles. The van der Waals surface area contributed by atoms with Crippen LogP contribution in [0.15, 0.2) is 59.5 Å². The van der Waals surface area contributed by atoms with Gasteiger partial charge in [-0.2, -0.15) is 0 Å². The zero-order valence-electron chi connectivity index (χ0n) is 18.9. The van der Waals surface area contributed by atoms with Crippen LogP contribution in [-0.4, -0.2) is 14.3 Å². The predicted molar refractivity (Wildman–Crippen MR) is 133 cm³/mol. The van der Waals surface area contributed by atoms with Crippen LogP contribution in [0.3, 0.4) is 0 Å². The first-order valence-corrected chi connectivity index (χ1v) is 12.8. The number of anilines is 1. The standard InChI is InChI=1S/C26H27ClN2O3S/c1-16-7-8-17(2)24(13-16)29-33(31,32)25-15-22(11-12-23(25)27)26(30)28-18(3)20-10-9-19-5-4-6-21(19)14-20/h7-15,18,29H,4-6H2,1-3H3,(H,28,30)/t18-/m0/s1. The van der Waals surface area contributed by atoms with Gasteiger partial charge in [0.1, 0.15) is 4.90 Å². The number of hydrogen-bond donors (Lipinski definition) is 2. The van der Waals surface area contributed by atoms with Crippen molar-refractivity contribution in [3.63, 3.8) is 0 Å². The van der Waals surface area contributed by atoms with E-state index in [2.05, 4.69) is 22.2 Å². The molecule has 172 valence electrons. The molecule has 3 aromatic carbocycles. The lowest BCUT2D eigenvalue weighted by atomic mass is 10.0. The summed E-state index contributed by atoms with van der Waals surface area (Å²) in [6, 6.07) is 15.9. The van der Waals surface area contributed by atoms with E-state index in [0.717, 1.165) is 36.0 Å². The van der Waals surface area contributed by atoms with E-state index in [1.54, 1.807) is 6.07 Å². The van der Waals surface area contributed by atoms with Crippen molar-refractivity contribution in [2.24, 2.45) is 0 Å². The van der Waals surface area contributed by atoms with Crippen molar-refractivity contribution in [3.05, 3.63) is 93.0 Å². The average Bonchev–Trinajstić information content (AvgIpc) is 3.24. The molecular formula is C26H27ClN2O3S. The minimum absolute atomic E-state index is 0.0519. The summed E-state index contributed by atoms with van der Waals surface area (Å²) in [6.45, 7) is 5.63. The summed E-state index contributed by atoms with van der Waals surface area (Å²) < 4.78 is 28.8. The van der Waals surface area contributed by atoms with Crippen molar-refractivity contribution in [2.75, 3.05) is 4.72 Å². The number of rotatable bonds is 6. The van der Waals surface area contributed by atoms with E-state index in [1.807, 2.05) is 39.0 Å². The van der Waals surface area contributed by atoms with E-state index >= 15 is 0 Å². The molecule has 1 aliphatic carbocycles. The second-order valence-corrected chi connectivity index (χ2v) is 10.7. The number of fused-ring (bicyclic) bond motifs is 1. The van der Waals surface area contributed by atoms with Crippen molar-refractivity contribution in [3.8, 4) is 0 Å². The Morgan fingerprint density at radius 2 is 1.73 bits per heavy atom. The molecule has 0 radical (unpaired) electrons. The average molecular weight is 483 g/mol. The zero-order valence-corrected chi connectivity index (χ0v) is 20.5. The Hall–Kier alpha value is -2.83. The van der Waals surface area contributed by atoms with Crippen LogP contribution in [-0.2, 0) is 22.9 Å². The summed E-state index contributed by atoms with van der Waals surface area (Å²) in [4.78, 5) is 12.8. The third-order valence-corrected chi connectivity index (χ3v) is 7.94. The Bertz CT molecular complexity index is 1340. The number of sulfonamides is 1. The summed E-state index contributed by atoms with van der Waals surface area (Å²) in [6.07, 6.45) is 3.34. The van der Waals surface area contributed by atoms with E-state index < -0.39 is 10.0 Å². The molecule has 0 fully saturated rings. The van der Waals surface area contributed by atoms with Crippen LogP contribution in [0.25, 0.3) is 0 Å². The van der Waals surface area contributed by atoms with Gasteiger partial charge in [0.05, 0.1) is 16.8 Å². The second-order valence-electron chi connectivity index (χ2n) is 8.65. The maximum absolute atomic E-state index is 13.1. The lowest BCUT2D eigenvalue weighted by Gasteiger charge is -2.17. The highest BCUT2D eigenvalue weighted by molar-refractivity contribution is 7.92. The fraction of sp³-hybridized carbons (Fsp3) is 0.269. The Kier molecular flexibility index (Phi) is 6.50. The molecule has 0 spiro atoms. The van der Waals surface area contributed by atoms with Crippen molar-refractivity contribution in [1.82, 2.24) is 5.32 Å². The fourth-order valence-electron chi connectivity index (χ4n) is 4.12. The lowest BCUT2D eigenvalue weighted by molar-refractivity contribution is 0.0939. The quantitative estimate of drug-likeness (QED) is 0.470. The van der Waals surface area contributed by atoms with Gasteiger partial charge < -0.3 is 5.32 Å². The molecule has 5 nitrogen and oxygen atoms in total. The monoisotopic (exact) mass is 482 g/mol. The molecule has 2 N–H and O–H groups in total. The molecular weight excluding hydrogens is 456 g/mol. The first kappa shape index (κ1) is 23.3. The minimum atomic E-state index is -3.99. The molecule has 33 heavy (non-hydrogen) atoms. The highest BCUT2D eigenvalue weighted by atomic mass is 35.5. The third-order valence-electron chi connectivity index (χ3n) is 6.09. The van der Waals surface area contributed by atoms with Gasteiger partial charge in [-0.3, -0.25) is 9.52 Å². The summed E-state index contributed by atoms with van der Waals surface area (Å²) in [5.41, 5.74) is 6.17. The Labute approximate surface area is 200 Å². The molecule has 3 aromatic rings. The smallest absolute Gasteiger partial charge is 0.263 e. The first-order valence-electron chi connectivity index (χ1n) is 11.0. The maximum atomic E-state index is 13.1. The highest BCUT2D eigenvalue weighted by Crippen LogP contribution is 2.28. The van der Waals surface area contributed by atoms with Gasteiger partial charge in [0.15, 0.2) is 0 Å². The van der Waals surface area contributed by atoms with Crippen molar-refractivity contribution < 1.29 is 13.2 Å². The largest absolute Gasteiger partial charge is 0.346 e. The van der Waals surface area contributed by atoms with Gasteiger partial charge in [-0.05, 0) is 92.1 Å². The van der Waals surface area contributed by atoms with Gasteiger partial charge in [0.25, 0.3) is 15.9 Å². The van der Waals surface area contributed by atoms with Crippen molar-refractivity contribution in [2.45, 2.75) is 51.0 Å². The molecule has 1 aliphatic rings. The van der Waals surface area contributed by atoms with E-state index in [1.165, 1.54) is 29.3 Å². The number of benzene rings is 3. The fourth-order valence-corrected chi connectivity index (χ4v) is 5.77. The number of hydrogen-bond acceptors (Lipinski definition) is 3. The molecule has 0 bridgehead atoms. The van der Waals surface area contributed by atoms with E-state index in [4.69, 9.17) is 11.6 Å². The van der Waals surface area contributed by atoms with E-state index in [-0.39, 0.29) is 27.4 Å². The molecule has 0 aliphatic heterocycles. The molecule has 4 rings (SSSR count). The third kappa shape index (κ3) is 5.07. The van der Waals surface area contributed by atoms with Crippen LogP contribution in [0.1, 0.15) is 57.6 Å². The molecule has 0 heterocycles. The normalized spacial score (nSPS) is 13.9. The van der Waals surface area contributed by atoms with Crippen LogP contribution in [0, 0.1) is 13.8 Å². The van der Waals surface area contributed by atoms with Gasteiger partial charge in [-0.25, -0.2) is 8.42 Å². The number of carbonyl (C=O) groups excluding carboxylic acids is 1. The van der Waals surface area contributed by atoms with Gasteiger partial charge >= 0.3 is 0 Å². The topological polar surface area (TPSA) is 75.3 Å². The zero-order chi connectivity index (χ0) is 23.8. The molecule has 1 amide bonds. The summed E-state index contributed by atoms with van der Waals surface area (Å²) in [7, 11) is -3.99. The van der Waals surface area contributed by atoms with E-state index in [9.17, 15) is 13.2 Å².